The summed E-state index contributed by atoms with van der Waals surface area (Å²) < 4.78 is 40.2. The van der Waals surface area contributed by atoms with E-state index in [4.69, 9.17) is 11.6 Å². The minimum Gasteiger partial charge on any atom is -0.298 e. The van der Waals surface area contributed by atoms with E-state index in [1.165, 1.54) is 29.5 Å². The summed E-state index contributed by atoms with van der Waals surface area (Å²) >= 11 is 7.33. The highest BCUT2D eigenvalue weighted by Gasteiger charge is 2.18. The van der Waals surface area contributed by atoms with Gasteiger partial charge in [-0.15, -0.1) is 11.3 Å². The Labute approximate surface area is 164 Å². The maximum Gasteiger partial charge on any atom is 0.261 e. The van der Waals surface area contributed by atoms with Crippen LogP contribution in [0.1, 0.15) is 16.1 Å². The Morgan fingerprint density at radius 3 is 2.52 bits per heavy atom. The molecule has 3 rings (SSSR count). The predicted octanol–water partition coefficient (Wildman–Crippen LogP) is 4.30. The number of sulfonamides is 1. The molecule has 1 amide bonds. The first-order chi connectivity index (χ1) is 12.7. The van der Waals surface area contributed by atoms with Gasteiger partial charge >= 0.3 is 0 Å². The van der Waals surface area contributed by atoms with E-state index < -0.39 is 21.7 Å². The number of hydrogen-bond acceptors (Lipinski definition) is 5. The molecule has 0 fully saturated rings. The van der Waals surface area contributed by atoms with E-state index >= 15 is 0 Å². The molecule has 0 unspecified atom stereocenters. The summed E-state index contributed by atoms with van der Waals surface area (Å²) in [7, 11) is -3.99. The van der Waals surface area contributed by atoms with Gasteiger partial charge in [0, 0.05) is 10.9 Å². The molecule has 0 saturated heterocycles. The van der Waals surface area contributed by atoms with Gasteiger partial charge in [0.25, 0.3) is 15.9 Å². The highest BCUT2D eigenvalue weighted by molar-refractivity contribution is 7.92. The van der Waals surface area contributed by atoms with Crippen molar-refractivity contribution in [1.82, 2.24) is 4.98 Å². The molecule has 0 bridgehead atoms. The van der Waals surface area contributed by atoms with Gasteiger partial charge in [-0.1, -0.05) is 11.6 Å². The highest BCUT2D eigenvalue weighted by atomic mass is 35.5. The van der Waals surface area contributed by atoms with Crippen molar-refractivity contribution in [2.75, 3.05) is 10.0 Å². The van der Waals surface area contributed by atoms with Crippen LogP contribution in [0.5, 0.6) is 0 Å². The van der Waals surface area contributed by atoms with E-state index in [1.807, 2.05) is 0 Å². The fourth-order valence-corrected chi connectivity index (χ4v) is 4.12. The number of carbonyl (C=O) groups excluding carboxylic acids is 1. The van der Waals surface area contributed by atoms with E-state index in [1.54, 1.807) is 12.3 Å². The third-order valence-corrected chi connectivity index (χ3v) is 6.02. The SMILES string of the molecule is Cc1csc(NC(=O)c2ccc(Cl)c(NS(=O)(=O)c3ccc(F)cc3)c2)n1. The summed E-state index contributed by atoms with van der Waals surface area (Å²) in [6.07, 6.45) is 0. The highest BCUT2D eigenvalue weighted by Crippen LogP contribution is 2.27. The molecule has 3 aromatic rings. The van der Waals surface area contributed by atoms with Gasteiger partial charge in [0.1, 0.15) is 5.82 Å². The largest absolute Gasteiger partial charge is 0.298 e. The molecule has 1 heterocycles. The standard InChI is InChI=1S/C17H13ClFN3O3S2/c1-10-9-26-17(20-10)21-16(23)11-2-7-14(18)15(8-11)22-27(24,25)13-5-3-12(19)4-6-13/h2-9,22H,1H3,(H,20,21,23). The van der Waals surface area contributed by atoms with Gasteiger partial charge in [-0.25, -0.2) is 17.8 Å². The average molecular weight is 426 g/mol. The van der Waals surface area contributed by atoms with E-state index in [0.29, 0.717) is 5.13 Å². The molecule has 6 nitrogen and oxygen atoms in total. The Kier molecular flexibility index (Phi) is 5.45. The fraction of sp³-hybridized carbons (Fsp3) is 0.0588. The minimum absolute atomic E-state index is 0.0314. The molecule has 0 saturated carbocycles. The zero-order valence-electron chi connectivity index (χ0n) is 13.9. The smallest absolute Gasteiger partial charge is 0.261 e. The van der Waals surface area contributed by atoms with Crippen molar-refractivity contribution in [2.24, 2.45) is 0 Å². The van der Waals surface area contributed by atoms with Crippen molar-refractivity contribution in [1.29, 1.82) is 0 Å². The number of nitrogens with zero attached hydrogens (tertiary/aromatic N) is 1. The minimum atomic E-state index is -3.99. The lowest BCUT2D eigenvalue weighted by molar-refractivity contribution is 0.102. The van der Waals surface area contributed by atoms with Crippen LogP contribution in [0.2, 0.25) is 5.02 Å². The maximum atomic E-state index is 13.0. The zero-order chi connectivity index (χ0) is 19.6. The number of rotatable bonds is 5. The number of carbonyl (C=O) groups is 1. The van der Waals surface area contributed by atoms with Crippen LogP contribution < -0.4 is 10.0 Å². The topological polar surface area (TPSA) is 88.2 Å². The number of aryl methyl sites for hydroxylation is 1. The van der Waals surface area contributed by atoms with Crippen molar-refractivity contribution >= 4 is 49.7 Å². The average Bonchev–Trinajstić information content (AvgIpc) is 3.02. The molecule has 27 heavy (non-hydrogen) atoms. The Morgan fingerprint density at radius 2 is 1.89 bits per heavy atom. The molecular weight excluding hydrogens is 413 g/mol. The monoisotopic (exact) mass is 425 g/mol. The second-order valence-corrected chi connectivity index (χ2v) is 8.45. The van der Waals surface area contributed by atoms with Gasteiger partial charge in [0.2, 0.25) is 0 Å². The maximum absolute atomic E-state index is 13.0. The lowest BCUT2D eigenvalue weighted by atomic mass is 10.2. The van der Waals surface area contributed by atoms with E-state index in [9.17, 15) is 17.6 Å². The Bertz CT molecular complexity index is 1100. The first kappa shape index (κ1) is 19.3. The molecule has 0 aliphatic rings. The summed E-state index contributed by atoms with van der Waals surface area (Å²) in [4.78, 5) is 16.4. The second kappa shape index (κ2) is 7.63. The van der Waals surface area contributed by atoms with E-state index in [0.717, 1.165) is 30.0 Å². The number of benzene rings is 2. The van der Waals surface area contributed by atoms with Crippen molar-refractivity contribution in [3.63, 3.8) is 0 Å². The number of nitrogens with one attached hydrogen (secondary N) is 2. The number of aromatic nitrogens is 1. The van der Waals surface area contributed by atoms with Crippen LogP contribution in [0, 0.1) is 12.7 Å². The molecule has 2 N–H and O–H groups in total. The quantitative estimate of drug-likeness (QED) is 0.638. The van der Waals surface area contributed by atoms with Crippen molar-refractivity contribution in [2.45, 2.75) is 11.8 Å². The van der Waals surface area contributed by atoms with Crippen LogP contribution in [0.15, 0.2) is 52.7 Å². The first-order valence-electron chi connectivity index (χ1n) is 7.56. The predicted molar refractivity (Wildman–Crippen MR) is 103 cm³/mol. The molecule has 0 atom stereocenters. The lowest BCUT2D eigenvalue weighted by Crippen LogP contribution is -2.15. The van der Waals surface area contributed by atoms with Gasteiger partial charge < -0.3 is 0 Å². The number of halogens is 2. The van der Waals surface area contributed by atoms with Crippen molar-refractivity contribution in [3.05, 3.63) is 69.9 Å². The molecule has 1 aromatic heterocycles. The van der Waals surface area contributed by atoms with Crippen LogP contribution in [0.4, 0.5) is 15.2 Å². The molecule has 10 heteroatoms. The van der Waals surface area contributed by atoms with Gasteiger partial charge in [-0.2, -0.15) is 0 Å². The van der Waals surface area contributed by atoms with Crippen LogP contribution in [-0.4, -0.2) is 19.3 Å². The Morgan fingerprint density at radius 1 is 1.19 bits per heavy atom. The number of hydrogen-bond donors (Lipinski definition) is 2. The number of amides is 1. The second-order valence-electron chi connectivity index (χ2n) is 5.50. The zero-order valence-corrected chi connectivity index (χ0v) is 16.3. The molecule has 140 valence electrons. The normalized spacial score (nSPS) is 11.2. The summed E-state index contributed by atoms with van der Waals surface area (Å²) in [6.45, 7) is 1.80. The molecule has 2 aromatic carbocycles. The molecule has 0 aliphatic carbocycles. The summed E-state index contributed by atoms with van der Waals surface area (Å²) in [6, 6.07) is 8.53. The van der Waals surface area contributed by atoms with Gasteiger partial charge in [0.15, 0.2) is 5.13 Å². The van der Waals surface area contributed by atoms with Crippen LogP contribution in [-0.2, 0) is 10.0 Å². The lowest BCUT2D eigenvalue weighted by Gasteiger charge is -2.11. The number of thiazole rings is 1. The van der Waals surface area contributed by atoms with Crippen LogP contribution in [0.25, 0.3) is 0 Å². The van der Waals surface area contributed by atoms with E-state index in [2.05, 4.69) is 15.0 Å². The number of anilines is 2. The molecular formula is C17H13ClFN3O3S2. The van der Waals surface area contributed by atoms with Crippen LogP contribution >= 0.6 is 22.9 Å². The van der Waals surface area contributed by atoms with Crippen molar-refractivity contribution in [3.8, 4) is 0 Å². The van der Waals surface area contributed by atoms with Gasteiger partial charge in [0.05, 0.1) is 21.3 Å². The Balaban J connectivity index is 1.84. The first-order valence-corrected chi connectivity index (χ1v) is 10.3. The molecule has 0 spiro atoms. The summed E-state index contributed by atoms with van der Waals surface area (Å²) in [5.41, 5.74) is 1.01. The molecule has 0 aliphatic heterocycles. The summed E-state index contributed by atoms with van der Waals surface area (Å²) in [5.74, 6) is -1.01. The van der Waals surface area contributed by atoms with Crippen LogP contribution in [0.3, 0.4) is 0 Å². The third-order valence-electron chi connectivity index (χ3n) is 3.44. The molecule has 0 radical (unpaired) electrons. The van der Waals surface area contributed by atoms with E-state index in [-0.39, 0.29) is 21.2 Å². The van der Waals surface area contributed by atoms with Crippen molar-refractivity contribution < 1.29 is 17.6 Å². The fourth-order valence-electron chi connectivity index (χ4n) is 2.14. The van der Waals surface area contributed by atoms with Gasteiger partial charge in [-0.05, 0) is 49.4 Å². The summed E-state index contributed by atoms with van der Waals surface area (Å²) in [5, 5.41) is 4.97. The Hall–Kier alpha value is -2.49. The third kappa shape index (κ3) is 4.62. The van der Waals surface area contributed by atoms with Gasteiger partial charge in [-0.3, -0.25) is 14.8 Å².